The summed E-state index contributed by atoms with van der Waals surface area (Å²) in [5, 5.41) is 8.81. The average molecular weight is 341 g/mol. The van der Waals surface area contributed by atoms with E-state index in [4.69, 9.17) is 10.00 Å². The number of rotatable bonds is 2. The number of hydrogen-bond donors (Lipinski definition) is 0. The monoisotopic (exact) mass is 341 g/mol. The smallest absolute Gasteiger partial charge is 0.410 e. The van der Waals surface area contributed by atoms with E-state index in [0.717, 1.165) is 12.8 Å². The number of hydrogen-bond acceptors (Lipinski definition) is 5. The molecule has 2 saturated heterocycles. The number of pyridine rings is 1. The lowest BCUT2D eigenvalue weighted by molar-refractivity contribution is 0.00254. The number of ether oxygens (including phenoxy) is 1. The molecule has 1 amide bonds. The first-order valence-electron chi connectivity index (χ1n) is 8.70. The summed E-state index contributed by atoms with van der Waals surface area (Å²) in [6, 6.07) is 5.31. The Hall–Kier alpha value is -2.42. The van der Waals surface area contributed by atoms with E-state index in [2.05, 4.69) is 4.98 Å². The van der Waals surface area contributed by atoms with Gasteiger partial charge in [0.1, 0.15) is 17.4 Å². The van der Waals surface area contributed by atoms with Gasteiger partial charge in [0, 0.05) is 29.8 Å². The summed E-state index contributed by atoms with van der Waals surface area (Å²) in [5.41, 5.74) is 0.322. The SMILES string of the molecule is CC(C)(C)OC(=O)N1C2CCC1CC(C(=O)c1ccc(C#N)nc1)C2. The quantitative estimate of drug-likeness (QED) is 0.771. The van der Waals surface area contributed by atoms with Crippen LogP contribution in [-0.4, -0.2) is 39.4 Å². The fourth-order valence-electron chi connectivity index (χ4n) is 3.85. The van der Waals surface area contributed by atoms with Gasteiger partial charge in [-0.2, -0.15) is 5.26 Å². The molecule has 0 aliphatic carbocycles. The van der Waals surface area contributed by atoms with Crippen molar-refractivity contribution in [2.24, 2.45) is 5.92 Å². The van der Waals surface area contributed by atoms with Gasteiger partial charge in [0.05, 0.1) is 0 Å². The minimum absolute atomic E-state index is 0.0535. The van der Waals surface area contributed by atoms with Crippen molar-refractivity contribution in [3.05, 3.63) is 29.6 Å². The molecule has 0 aromatic carbocycles. The highest BCUT2D eigenvalue weighted by Gasteiger charge is 2.46. The summed E-state index contributed by atoms with van der Waals surface area (Å²) in [4.78, 5) is 31.1. The Kier molecular flexibility index (Phi) is 4.51. The van der Waals surface area contributed by atoms with Crippen LogP contribution in [0.1, 0.15) is 62.5 Å². The molecule has 1 aromatic heterocycles. The summed E-state index contributed by atoms with van der Waals surface area (Å²) in [5.74, 6) is -0.0522. The lowest BCUT2D eigenvalue weighted by atomic mass is 9.85. The topological polar surface area (TPSA) is 83.3 Å². The van der Waals surface area contributed by atoms with Gasteiger partial charge in [0.2, 0.25) is 0 Å². The van der Waals surface area contributed by atoms with Gasteiger partial charge in [-0.3, -0.25) is 4.79 Å². The van der Waals surface area contributed by atoms with Gasteiger partial charge in [0.25, 0.3) is 0 Å². The minimum atomic E-state index is -0.517. The van der Waals surface area contributed by atoms with Crippen LogP contribution in [-0.2, 0) is 4.74 Å². The maximum atomic E-state index is 12.8. The van der Waals surface area contributed by atoms with Crippen molar-refractivity contribution < 1.29 is 14.3 Å². The maximum Gasteiger partial charge on any atom is 0.410 e. The van der Waals surface area contributed by atoms with Crippen molar-refractivity contribution in [3.63, 3.8) is 0 Å². The van der Waals surface area contributed by atoms with E-state index in [9.17, 15) is 9.59 Å². The Morgan fingerprint density at radius 2 is 1.88 bits per heavy atom. The number of Topliss-reactive ketones (excluding diaryl/α,β-unsaturated/α-hetero) is 1. The summed E-state index contributed by atoms with van der Waals surface area (Å²) < 4.78 is 5.53. The fraction of sp³-hybridized carbons (Fsp3) is 0.579. The second-order valence-electron chi connectivity index (χ2n) is 7.85. The molecule has 1 aromatic rings. The highest BCUT2D eigenvalue weighted by atomic mass is 16.6. The maximum absolute atomic E-state index is 12.8. The van der Waals surface area contributed by atoms with Crippen LogP contribution in [0.5, 0.6) is 0 Å². The molecule has 132 valence electrons. The van der Waals surface area contributed by atoms with E-state index in [1.807, 2.05) is 31.7 Å². The van der Waals surface area contributed by atoms with Crippen molar-refractivity contribution in [2.45, 2.75) is 64.1 Å². The number of nitriles is 1. The van der Waals surface area contributed by atoms with Crippen LogP contribution in [0, 0.1) is 17.2 Å². The van der Waals surface area contributed by atoms with Gasteiger partial charge in [-0.15, -0.1) is 0 Å². The largest absolute Gasteiger partial charge is 0.444 e. The molecule has 25 heavy (non-hydrogen) atoms. The van der Waals surface area contributed by atoms with Crippen LogP contribution < -0.4 is 0 Å². The highest BCUT2D eigenvalue weighted by molar-refractivity contribution is 5.97. The molecule has 6 heteroatoms. The molecule has 2 bridgehead atoms. The van der Waals surface area contributed by atoms with Crippen molar-refractivity contribution >= 4 is 11.9 Å². The van der Waals surface area contributed by atoms with E-state index < -0.39 is 5.60 Å². The Morgan fingerprint density at radius 1 is 1.24 bits per heavy atom. The molecule has 0 radical (unpaired) electrons. The Bertz CT molecular complexity index is 701. The van der Waals surface area contributed by atoms with E-state index in [-0.39, 0.29) is 29.9 Å². The van der Waals surface area contributed by atoms with Crippen molar-refractivity contribution in [2.75, 3.05) is 0 Å². The molecular formula is C19H23N3O3. The van der Waals surface area contributed by atoms with Gasteiger partial charge in [-0.1, -0.05) is 0 Å². The average Bonchev–Trinajstić information content (AvgIpc) is 2.83. The van der Waals surface area contributed by atoms with E-state index in [0.29, 0.717) is 24.1 Å². The molecule has 0 N–H and O–H groups in total. The number of carbonyl (C=O) groups excluding carboxylic acids is 2. The van der Waals surface area contributed by atoms with Crippen LogP contribution in [0.2, 0.25) is 0 Å². The van der Waals surface area contributed by atoms with Crippen LogP contribution in [0.3, 0.4) is 0 Å². The fourth-order valence-corrected chi connectivity index (χ4v) is 3.85. The van der Waals surface area contributed by atoms with Crippen molar-refractivity contribution in [1.82, 2.24) is 9.88 Å². The van der Waals surface area contributed by atoms with E-state index >= 15 is 0 Å². The summed E-state index contributed by atoms with van der Waals surface area (Å²) >= 11 is 0. The second-order valence-corrected chi connectivity index (χ2v) is 7.85. The Labute approximate surface area is 147 Å². The van der Waals surface area contributed by atoms with Crippen molar-refractivity contribution in [3.8, 4) is 6.07 Å². The molecule has 3 rings (SSSR count). The third-order valence-corrected chi connectivity index (χ3v) is 4.87. The predicted octanol–water partition coefficient (Wildman–Crippen LogP) is 3.31. The van der Waals surface area contributed by atoms with Gasteiger partial charge in [0.15, 0.2) is 5.78 Å². The zero-order valence-corrected chi connectivity index (χ0v) is 14.9. The van der Waals surface area contributed by atoms with Crippen LogP contribution in [0.15, 0.2) is 18.3 Å². The molecular weight excluding hydrogens is 318 g/mol. The molecule has 2 fully saturated rings. The second kappa shape index (κ2) is 6.47. The van der Waals surface area contributed by atoms with E-state index in [1.54, 1.807) is 12.1 Å². The first-order chi connectivity index (χ1) is 11.8. The molecule has 2 unspecified atom stereocenters. The molecule has 6 nitrogen and oxygen atoms in total. The van der Waals surface area contributed by atoms with Crippen LogP contribution in [0.4, 0.5) is 4.79 Å². The van der Waals surface area contributed by atoms with E-state index in [1.165, 1.54) is 6.20 Å². The van der Waals surface area contributed by atoms with Crippen LogP contribution >= 0.6 is 0 Å². The number of aromatic nitrogens is 1. The lowest BCUT2D eigenvalue weighted by Gasteiger charge is -2.39. The highest BCUT2D eigenvalue weighted by Crippen LogP contribution is 2.40. The number of piperidine rings is 1. The zero-order valence-electron chi connectivity index (χ0n) is 14.9. The zero-order chi connectivity index (χ0) is 18.2. The molecule has 0 spiro atoms. The number of nitrogens with zero attached hydrogens (tertiary/aromatic N) is 3. The number of ketones is 1. The van der Waals surface area contributed by atoms with Crippen molar-refractivity contribution in [1.29, 1.82) is 5.26 Å². The predicted molar refractivity (Wildman–Crippen MR) is 90.9 cm³/mol. The Balaban J connectivity index is 1.70. The third kappa shape index (κ3) is 3.65. The molecule has 2 aliphatic rings. The van der Waals surface area contributed by atoms with Gasteiger partial charge < -0.3 is 9.64 Å². The number of carbonyl (C=O) groups is 2. The third-order valence-electron chi connectivity index (χ3n) is 4.87. The Morgan fingerprint density at radius 3 is 2.36 bits per heavy atom. The normalized spacial score (nSPS) is 25.4. The summed E-state index contributed by atoms with van der Waals surface area (Å²) in [6.45, 7) is 5.59. The van der Waals surface area contributed by atoms with Gasteiger partial charge >= 0.3 is 6.09 Å². The van der Waals surface area contributed by atoms with Crippen LogP contribution in [0.25, 0.3) is 0 Å². The molecule has 2 aliphatic heterocycles. The van der Waals surface area contributed by atoms with Gasteiger partial charge in [-0.25, -0.2) is 9.78 Å². The molecule has 2 atom stereocenters. The number of amides is 1. The van der Waals surface area contributed by atoms with Gasteiger partial charge in [-0.05, 0) is 58.6 Å². The first kappa shape index (κ1) is 17.4. The standard InChI is InChI=1S/C19H23N3O3/c1-19(2,3)25-18(24)22-15-6-7-16(22)9-13(8-15)17(23)12-4-5-14(10-20)21-11-12/h4-5,11,13,15-16H,6-9H2,1-3H3. The molecule has 3 heterocycles. The minimum Gasteiger partial charge on any atom is -0.444 e. The molecule has 0 saturated carbocycles. The lowest BCUT2D eigenvalue weighted by Crippen LogP contribution is -2.49. The summed E-state index contributed by atoms with van der Waals surface area (Å²) in [6.07, 6.45) is 4.36. The number of fused-ring (bicyclic) bond motifs is 2. The first-order valence-corrected chi connectivity index (χ1v) is 8.70. The summed E-state index contributed by atoms with van der Waals surface area (Å²) in [7, 11) is 0.